The molecule has 0 aromatic heterocycles. The summed E-state index contributed by atoms with van der Waals surface area (Å²) in [5, 5.41) is 10.1. The van der Waals surface area contributed by atoms with E-state index in [1.165, 1.54) is 37.7 Å². The van der Waals surface area contributed by atoms with E-state index in [0.717, 1.165) is 31.1 Å². The molecule has 4 rings (SSSR count). The van der Waals surface area contributed by atoms with E-state index in [0.29, 0.717) is 22.7 Å². The van der Waals surface area contributed by atoms with Crippen LogP contribution >= 0.6 is 0 Å². The first-order valence-electron chi connectivity index (χ1n) is 9.33. The molecule has 1 heteroatoms. The van der Waals surface area contributed by atoms with E-state index in [-0.39, 0.29) is 6.10 Å². The van der Waals surface area contributed by atoms with E-state index < -0.39 is 0 Å². The zero-order valence-corrected chi connectivity index (χ0v) is 14.1. The molecule has 0 spiro atoms. The molecule has 0 aromatic rings. The Morgan fingerprint density at radius 2 is 1.95 bits per heavy atom. The molecule has 4 aliphatic rings. The molecule has 0 aromatic carbocycles. The minimum absolute atomic E-state index is 0.144. The summed E-state index contributed by atoms with van der Waals surface area (Å²) in [4.78, 5) is 0. The molecular weight excluding hydrogens is 268 g/mol. The smallest absolute Gasteiger partial charge is 0.0577 e. The Labute approximate surface area is 135 Å². The molecule has 2 unspecified atom stereocenters. The van der Waals surface area contributed by atoms with Crippen LogP contribution in [0.15, 0.2) is 11.6 Å². The van der Waals surface area contributed by atoms with Crippen molar-refractivity contribution in [1.29, 1.82) is 0 Å². The van der Waals surface area contributed by atoms with Gasteiger partial charge in [0, 0.05) is 5.92 Å². The maximum Gasteiger partial charge on any atom is 0.0577 e. The Morgan fingerprint density at radius 1 is 1.14 bits per heavy atom. The molecule has 22 heavy (non-hydrogen) atoms. The van der Waals surface area contributed by atoms with Gasteiger partial charge in [0.2, 0.25) is 0 Å². The van der Waals surface area contributed by atoms with Crippen LogP contribution in [0.25, 0.3) is 0 Å². The van der Waals surface area contributed by atoms with E-state index in [4.69, 9.17) is 6.42 Å². The number of aliphatic hydroxyl groups is 1. The molecule has 0 amide bonds. The molecule has 3 fully saturated rings. The van der Waals surface area contributed by atoms with Gasteiger partial charge in [0.15, 0.2) is 0 Å². The molecular formula is C21H30O. The molecule has 1 N–H and O–H groups in total. The molecule has 0 heterocycles. The zero-order chi connectivity index (χ0) is 15.5. The Morgan fingerprint density at radius 3 is 2.73 bits per heavy atom. The van der Waals surface area contributed by atoms with Gasteiger partial charge < -0.3 is 5.11 Å². The Kier molecular flexibility index (Phi) is 3.29. The van der Waals surface area contributed by atoms with E-state index >= 15 is 0 Å². The number of fused-ring (bicyclic) bond motifs is 5. The van der Waals surface area contributed by atoms with Crippen molar-refractivity contribution in [2.24, 2.45) is 34.5 Å². The third-order valence-corrected chi connectivity index (χ3v) is 8.11. The Balaban J connectivity index is 1.77. The predicted octanol–water partition coefficient (Wildman–Crippen LogP) is 4.56. The van der Waals surface area contributed by atoms with Gasteiger partial charge in [0.25, 0.3) is 0 Å². The summed E-state index contributed by atoms with van der Waals surface area (Å²) >= 11 is 0. The number of terminal acetylenes is 1. The zero-order valence-electron chi connectivity index (χ0n) is 14.1. The third kappa shape index (κ3) is 1.89. The van der Waals surface area contributed by atoms with E-state index in [9.17, 15) is 5.11 Å². The average molecular weight is 298 g/mol. The van der Waals surface area contributed by atoms with Gasteiger partial charge in [-0.05, 0) is 73.5 Å². The standard InChI is InChI=1S/C21H30O/c1-4-14-12-15-13-16(22)7-11-21(15,3)18-8-10-20(2)9-5-6-17(20)19(14)18/h1,12,14,16-19,22H,5-11,13H2,2-3H3/t14?,16?,17-,18+,19-,20-,21-/m0/s1. The van der Waals surface area contributed by atoms with E-state index in [1.54, 1.807) is 0 Å². The molecule has 0 radical (unpaired) electrons. The van der Waals surface area contributed by atoms with Crippen molar-refractivity contribution < 1.29 is 5.11 Å². The third-order valence-electron chi connectivity index (χ3n) is 8.11. The molecule has 120 valence electrons. The fraction of sp³-hybridized carbons (Fsp3) is 0.810. The fourth-order valence-corrected chi connectivity index (χ4v) is 6.81. The van der Waals surface area contributed by atoms with Gasteiger partial charge in [-0.15, -0.1) is 6.42 Å². The van der Waals surface area contributed by atoms with Crippen molar-refractivity contribution in [2.75, 3.05) is 0 Å². The first-order valence-corrected chi connectivity index (χ1v) is 9.33. The highest BCUT2D eigenvalue weighted by Crippen LogP contribution is 2.65. The van der Waals surface area contributed by atoms with Crippen molar-refractivity contribution in [3.63, 3.8) is 0 Å². The summed E-state index contributed by atoms with van der Waals surface area (Å²) in [5.41, 5.74) is 2.34. The molecule has 4 aliphatic carbocycles. The van der Waals surface area contributed by atoms with Crippen molar-refractivity contribution >= 4 is 0 Å². The van der Waals surface area contributed by atoms with Crippen LogP contribution in [0.3, 0.4) is 0 Å². The van der Waals surface area contributed by atoms with Crippen molar-refractivity contribution in [2.45, 2.75) is 71.3 Å². The summed E-state index contributed by atoms with van der Waals surface area (Å²) in [6.45, 7) is 5.01. The van der Waals surface area contributed by atoms with Gasteiger partial charge in [-0.2, -0.15) is 0 Å². The molecule has 1 nitrogen and oxygen atoms in total. The molecule has 0 bridgehead atoms. The highest BCUT2D eigenvalue weighted by molar-refractivity contribution is 5.30. The lowest BCUT2D eigenvalue weighted by Gasteiger charge is -2.58. The average Bonchev–Trinajstić information content (AvgIpc) is 2.89. The summed E-state index contributed by atoms with van der Waals surface area (Å²) in [6.07, 6.45) is 18.2. The molecule has 3 saturated carbocycles. The van der Waals surface area contributed by atoms with Crippen LogP contribution in [0.1, 0.15) is 65.2 Å². The van der Waals surface area contributed by atoms with Crippen LogP contribution < -0.4 is 0 Å². The minimum Gasteiger partial charge on any atom is -0.393 e. The fourth-order valence-electron chi connectivity index (χ4n) is 6.81. The summed E-state index contributed by atoms with van der Waals surface area (Å²) in [5.74, 6) is 5.71. The maximum absolute atomic E-state index is 10.1. The van der Waals surface area contributed by atoms with Crippen LogP contribution in [0.4, 0.5) is 0 Å². The molecule has 0 aliphatic heterocycles. The number of rotatable bonds is 0. The maximum atomic E-state index is 10.1. The highest BCUT2D eigenvalue weighted by atomic mass is 16.3. The number of aliphatic hydroxyl groups excluding tert-OH is 1. The van der Waals surface area contributed by atoms with Gasteiger partial charge in [0.1, 0.15) is 0 Å². The van der Waals surface area contributed by atoms with Gasteiger partial charge >= 0.3 is 0 Å². The number of hydrogen-bond donors (Lipinski definition) is 1. The van der Waals surface area contributed by atoms with E-state index in [2.05, 4.69) is 25.8 Å². The second-order valence-corrected chi connectivity index (χ2v) is 9.07. The SMILES string of the molecule is C#CC1C=C2CC(O)CC[C@]2(C)[C@@H]2CC[C@]3(C)CCC[C@H]3[C@H]12. The second kappa shape index (κ2) is 4.88. The van der Waals surface area contributed by atoms with Crippen molar-refractivity contribution in [1.82, 2.24) is 0 Å². The van der Waals surface area contributed by atoms with Gasteiger partial charge in [-0.1, -0.05) is 37.8 Å². The Bertz CT molecular complexity index is 541. The van der Waals surface area contributed by atoms with Gasteiger partial charge in [0.05, 0.1) is 6.10 Å². The molecule has 0 saturated heterocycles. The Hall–Kier alpha value is -0.740. The van der Waals surface area contributed by atoms with Crippen LogP contribution in [-0.2, 0) is 0 Å². The highest BCUT2D eigenvalue weighted by Gasteiger charge is 2.57. The van der Waals surface area contributed by atoms with E-state index in [1.807, 2.05) is 0 Å². The van der Waals surface area contributed by atoms with Crippen LogP contribution in [0, 0.1) is 46.8 Å². The first-order chi connectivity index (χ1) is 10.5. The largest absolute Gasteiger partial charge is 0.393 e. The topological polar surface area (TPSA) is 20.2 Å². The van der Waals surface area contributed by atoms with Crippen molar-refractivity contribution in [3.8, 4) is 12.3 Å². The second-order valence-electron chi connectivity index (χ2n) is 9.07. The van der Waals surface area contributed by atoms with Crippen molar-refractivity contribution in [3.05, 3.63) is 11.6 Å². The summed E-state index contributed by atoms with van der Waals surface area (Å²) < 4.78 is 0. The van der Waals surface area contributed by atoms with Gasteiger partial charge in [-0.25, -0.2) is 0 Å². The number of allylic oxidation sites excluding steroid dienone is 1. The quantitative estimate of drug-likeness (QED) is 0.513. The molecule has 7 atom stereocenters. The van der Waals surface area contributed by atoms with Crippen LogP contribution in [-0.4, -0.2) is 11.2 Å². The van der Waals surface area contributed by atoms with Crippen LogP contribution in [0.2, 0.25) is 0 Å². The monoisotopic (exact) mass is 298 g/mol. The lowest BCUT2D eigenvalue weighted by atomic mass is 9.46. The normalized spacial score (nSPS) is 53.7. The first kappa shape index (κ1) is 14.8. The summed E-state index contributed by atoms with van der Waals surface area (Å²) in [7, 11) is 0. The summed E-state index contributed by atoms with van der Waals surface area (Å²) in [6, 6.07) is 0. The minimum atomic E-state index is -0.144. The number of hydrogen-bond acceptors (Lipinski definition) is 1. The van der Waals surface area contributed by atoms with Gasteiger partial charge in [-0.3, -0.25) is 0 Å². The lowest BCUT2D eigenvalue weighted by molar-refractivity contribution is -0.0479. The van der Waals surface area contributed by atoms with Crippen LogP contribution in [0.5, 0.6) is 0 Å². The predicted molar refractivity (Wildman–Crippen MR) is 90.0 cm³/mol. The lowest BCUT2D eigenvalue weighted by Crippen LogP contribution is -2.52.